The molecule has 0 unspecified atom stereocenters. The summed E-state index contributed by atoms with van der Waals surface area (Å²) >= 11 is 1.48. The lowest BCUT2D eigenvalue weighted by Gasteiger charge is -2.13. The Morgan fingerprint density at radius 1 is 0.906 bits per heavy atom. The minimum Gasteiger partial charge on any atom is -0.486 e. The second-order valence-electron chi connectivity index (χ2n) is 7.26. The number of aryl methyl sites for hydroxylation is 1. The van der Waals surface area contributed by atoms with E-state index in [9.17, 15) is 18.0 Å². The molecule has 0 radical (unpaired) electrons. The Balaban J connectivity index is 1.58. The van der Waals surface area contributed by atoms with E-state index in [1.165, 1.54) is 23.5 Å². The fraction of sp³-hybridized carbons (Fsp3) is 0.160. The molecule has 0 aliphatic carbocycles. The van der Waals surface area contributed by atoms with Gasteiger partial charge in [0, 0.05) is 4.88 Å². The van der Waals surface area contributed by atoms with Crippen molar-refractivity contribution in [2.24, 2.45) is 0 Å². The van der Waals surface area contributed by atoms with E-state index in [4.69, 9.17) is 9.47 Å². The van der Waals surface area contributed by atoms with Gasteiger partial charge in [0.2, 0.25) is 0 Å². The Kier molecular flexibility index (Phi) is 6.19. The minimum absolute atomic E-state index is 0.0210. The molecule has 4 rings (SSSR count). The van der Waals surface area contributed by atoms with E-state index in [1.807, 2.05) is 49.4 Å². The number of fused-ring (bicyclic) bond motifs is 1. The van der Waals surface area contributed by atoms with E-state index in [1.54, 1.807) is 6.07 Å². The third kappa shape index (κ3) is 4.94. The van der Waals surface area contributed by atoms with Crippen LogP contribution in [0.2, 0.25) is 0 Å². The van der Waals surface area contributed by atoms with Gasteiger partial charge in [-0.3, -0.25) is 0 Å². The number of esters is 1. The zero-order valence-electron chi connectivity index (χ0n) is 17.1. The molecule has 0 fully saturated rings. The second-order valence-corrected chi connectivity index (χ2v) is 8.52. The molecule has 32 heavy (non-hydrogen) atoms. The summed E-state index contributed by atoms with van der Waals surface area (Å²) in [6.07, 6.45) is -4.39. The Bertz CT molecular complexity index is 1230. The van der Waals surface area contributed by atoms with Crippen LogP contribution in [0.3, 0.4) is 0 Å². The highest BCUT2D eigenvalue weighted by atomic mass is 32.1. The summed E-state index contributed by atoms with van der Waals surface area (Å²) in [6, 6.07) is 19.6. The van der Waals surface area contributed by atoms with E-state index >= 15 is 0 Å². The van der Waals surface area contributed by atoms with E-state index in [0.29, 0.717) is 11.3 Å². The van der Waals surface area contributed by atoms with E-state index < -0.39 is 17.7 Å². The lowest BCUT2D eigenvalue weighted by molar-refractivity contribution is -0.137. The van der Waals surface area contributed by atoms with Crippen LogP contribution in [0.1, 0.15) is 31.9 Å². The fourth-order valence-electron chi connectivity index (χ4n) is 3.26. The minimum atomic E-state index is -4.39. The number of thiophene rings is 1. The Morgan fingerprint density at radius 3 is 2.28 bits per heavy atom. The second kappa shape index (κ2) is 9.04. The lowest BCUT2D eigenvalue weighted by atomic mass is 10.1. The van der Waals surface area contributed by atoms with Crippen LogP contribution in [0.5, 0.6) is 5.75 Å². The number of ether oxygens (including phenoxy) is 2. The van der Waals surface area contributed by atoms with Gasteiger partial charge >= 0.3 is 12.1 Å². The third-order valence-corrected chi connectivity index (χ3v) is 5.93. The van der Waals surface area contributed by atoms with E-state index in [0.717, 1.165) is 32.7 Å². The molecule has 3 aromatic carbocycles. The maximum Gasteiger partial charge on any atom is 0.416 e. The summed E-state index contributed by atoms with van der Waals surface area (Å²) in [7, 11) is 0. The Labute approximate surface area is 187 Å². The molecule has 164 valence electrons. The summed E-state index contributed by atoms with van der Waals surface area (Å²) in [5.74, 6) is -0.150. The predicted molar refractivity (Wildman–Crippen MR) is 118 cm³/mol. The maximum absolute atomic E-state index is 12.8. The Morgan fingerprint density at radius 2 is 1.59 bits per heavy atom. The zero-order valence-corrected chi connectivity index (χ0v) is 17.9. The summed E-state index contributed by atoms with van der Waals surface area (Å²) in [5.41, 5.74) is 0.984. The first kappa shape index (κ1) is 21.9. The zero-order chi connectivity index (χ0) is 22.7. The average Bonchev–Trinajstić information content (AvgIpc) is 3.16. The van der Waals surface area contributed by atoms with Crippen molar-refractivity contribution in [3.05, 3.63) is 99.9 Å². The Hall–Kier alpha value is -3.32. The topological polar surface area (TPSA) is 35.5 Å². The van der Waals surface area contributed by atoms with Crippen LogP contribution in [0.25, 0.3) is 10.1 Å². The van der Waals surface area contributed by atoms with Crippen molar-refractivity contribution in [1.82, 2.24) is 0 Å². The van der Waals surface area contributed by atoms with Crippen molar-refractivity contribution >= 4 is 27.4 Å². The normalized spacial score (nSPS) is 11.5. The molecule has 0 bridgehead atoms. The molecule has 0 aliphatic rings. The number of carbonyl (C=O) groups excluding carboxylic acids is 1. The predicted octanol–water partition coefficient (Wildman–Crippen LogP) is 7.16. The van der Waals surface area contributed by atoms with Gasteiger partial charge in [0.25, 0.3) is 0 Å². The molecule has 7 heteroatoms. The van der Waals surface area contributed by atoms with E-state index in [-0.39, 0.29) is 18.8 Å². The SMILES string of the molecule is Cc1cc2ccc(C(=O)OCc3ccccc3)c(OCc3ccc(C(F)(F)F)cc3)c2s1. The van der Waals surface area contributed by atoms with Gasteiger partial charge in [0.15, 0.2) is 5.75 Å². The fourth-order valence-corrected chi connectivity index (χ4v) is 4.27. The van der Waals surface area contributed by atoms with Gasteiger partial charge in [-0.15, -0.1) is 11.3 Å². The monoisotopic (exact) mass is 456 g/mol. The molecule has 0 aliphatic heterocycles. The first-order valence-electron chi connectivity index (χ1n) is 9.84. The van der Waals surface area contributed by atoms with Crippen molar-refractivity contribution in [2.45, 2.75) is 26.3 Å². The smallest absolute Gasteiger partial charge is 0.416 e. The number of hydrogen-bond acceptors (Lipinski definition) is 4. The molecule has 0 saturated carbocycles. The molecule has 0 saturated heterocycles. The largest absolute Gasteiger partial charge is 0.486 e. The van der Waals surface area contributed by atoms with Crippen molar-refractivity contribution in [1.29, 1.82) is 0 Å². The number of halogens is 3. The highest BCUT2D eigenvalue weighted by molar-refractivity contribution is 7.19. The van der Waals surface area contributed by atoms with Crippen LogP contribution in [0.4, 0.5) is 13.2 Å². The van der Waals surface area contributed by atoms with Crippen molar-refractivity contribution < 1.29 is 27.4 Å². The van der Waals surface area contributed by atoms with Gasteiger partial charge in [-0.05, 0) is 47.7 Å². The number of rotatable bonds is 6. The first-order chi connectivity index (χ1) is 15.3. The molecule has 0 atom stereocenters. The summed E-state index contributed by atoms with van der Waals surface area (Å²) < 4.78 is 50.7. The van der Waals surface area contributed by atoms with Gasteiger partial charge in [-0.25, -0.2) is 4.79 Å². The third-order valence-electron chi connectivity index (χ3n) is 4.86. The number of alkyl halides is 3. The number of hydrogen-bond donors (Lipinski definition) is 0. The molecule has 0 N–H and O–H groups in total. The van der Waals surface area contributed by atoms with Gasteiger partial charge in [0.05, 0.1) is 10.3 Å². The van der Waals surface area contributed by atoms with Gasteiger partial charge in [-0.2, -0.15) is 13.2 Å². The molecule has 1 aromatic heterocycles. The summed E-state index contributed by atoms with van der Waals surface area (Å²) in [6.45, 7) is 2.10. The maximum atomic E-state index is 12.8. The molecular weight excluding hydrogens is 437 g/mol. The lowest BCUT2D eigenvalue weighted by Crippen LogP contribution is -2.09. The van der Waals surface area contributed by atoms with Gasteiger partial charge in [-0.1, -0.05) is 48.5 Å². The van der Waals surface area contributed by atoms with Crippen LogP contribution in [0.15, 0.2) is 72.8 Å². The van der Waals surface area contributed by atoms with Crippen LogP contribution in [-0.2, 0) is 24.1 Å². The molecule has 0 amide bonds. The summed E-state index contributed by atoms with van der Waals surface area (Å²) in [4.78, 5) is 13.9. The highest BCUT2D eigenvalue weighted by Gasteiger charge is 2.30. The van der Waals surface area contributed by atoms with Crippen molar-refractivity contribution in [3.8, 4) is 5.75 Å². The van der Waals surface area contributed by atoms with Crippen molar-refractivity contribution in [3.63, 3.8) is 0 Å². The molecule has 0 spiro atoms. The molecule has 3 nitrogen and oxygen atoms in total. The standard InChI is InChI=1S/C25H19F3O3S/c1-16-13-19-9-12-21(24(29)31-15-17-5-3-2-4-6-17)22(23(19)32-16)30-14-18-7-10-20(11-8-18)25(26,27)28/h2-13H,14-15H2,1H3. The summed E-state index contributed by atoms with van der Waals surface area (Å²) in [5, 5.41) is 0.925. The number of carbonyl (C=O) groups is 1. The highest BCUT2D eigenvalue weighted by Crippen LogP contribution is 2.37. The van der Waals surface area contributed by atoms with Gasteiger partial charge < -0.3 is 9.47 Å². The van der Waals surface area contributed by atoms with Crippen LogP contribution in [0, 0.1) is 6.92 Å². The molecular formula is C25H19F3O3S. The van der Waals surface area contributed by atoms with Gasteiger partial charge in [0.1, 0.15) is 18.8 Å². The van der Waals surface area contributed by atoms with Crippen LogP contribution < -0.4 is 4.74 Å². The first-order valence-corrected chi connectivity index (χ1v) is 10.7. The van der Waals surface area contributed by atoms with Crippen LogP contribution in [-0.4, -0.2) is 5.97 Å². The van der Waals surface area contributed by atoms with Crippen LogP contribution >= 0.6 is 11.3 Å². The molecule has 1 heterocycles. The quantitative estimate of drug-likeness (QED) is 0.289. The molecule has 4 aromatic rings. The number of benzene rings is 3. The average molecular weight is 456 g/mol. The van der Waals surface area contributed by atoms with E-state index in [2.05, 4.69) is 0 Å². The van der Waals surface area contributed by atoms with Crippen molar-refractivity contribution in [2.75, 3.05) is 0 Å².